The van der Waals surface area contributed by atoms with Gasteiger partial charge in [0.2, 0.25) is 0 Å². The number of aromatic nitrogens is 1. The van der Waals surface area contributed by atoms with Crippen LogP contribution in [0.3, 0.4) is 0 Å². The Balaban J connectivity index is 2.18. The summed E-state index contributed by atoms with van der Waals surface area (Å²) in [6.07, 6.45) is 2.69. The predicted octanol–water partition coefficient (Wildman–Crippen LogP) is 2.67. The third kappa shape index (κ3) is 2.50. The largest absolute Gasteiger partial charge is 0.355 e. The van der Waals surface area contributed by atoms with Crippen LogP contribution in [0.15, 0.2) is 16.7 Å². The van der Waals surface area contributed by atoms with E-state index in [1.54, 1.807) is 6.20 Å². The van der Waals surface area contributed by atoms with Gasteiger partial charge in [-0.2, -0.15) is 0 Å². The number of nitrogens with two attached hydrogens (primary N) is 1. The average molecular weight is 305 g/mol. The summed E-state index contributed by atoms with van der Waals surface area (Å²) in [6, 6.07) is 2.19. The van der Waals surface area contributed by atoms with E-state index in [1.807, 2.05) is 6.07 Å². The van der Waals surface area contributed by atoms with E-state index < -0.39 is 0 Å². The number of rotatable bonds is 1. The number of hydrogen-bond donors (Lipinski definition) is 1. The smallest absolute Gasteiger partial charge is 0.142 e. The van der Waals surface area contributed by atoms with Crippen molar-refractivity contribution in [3.8, 4) is 0 Å². The van der Waals surface area contributed by atoms with Gasteiger partial charge >= 0.3 is 0 Å². The Morgan fingerprint density at radius 2 is 2.38 bits per heavy atom. The molecule has 2 N–H and O–H groups in total. The van der Waals surface area contributed by atoms with Crippen LogP contribution >= 0.6 is 27.5 Å². The molecule has 1 aromatic rings. The first kappa shape index (κ1) is 12.1. The molecule has 2 unspecified atom stereocenters. The molecule has 2 heterocycles. The third-order valence-corrected chi connectivity index (χ3v) is 3.85. The van der Waals surface area contributed by atoms with Gasteiger partial charge in [-0.05, 0) is 34.3 Å². The van der Waals surface area contributed by atoms with Crippen molar-refractivity contribution in [1.29, 1.82) is 0 Å². The SMILES string of the molecule is CC1CN(c2ncc(Cl)cc2Br)CCC1N. The van der Waals surface area contributed by atoms with Gasteiger partial charge < -0.3 is 10.6 Å². The summed E-state index contributed by atoms with van der Waals surface area (Å²) in [5.74, 6) is 1.46. The van der Waals surface area contributed by atoms with Gasteiger partial charge in [-0.1, -0.05) is 18.5 Å². The first-order valence-electron chi connectivity index (χ1n) is 5.39. The van der Waals surface area contributed by atoms with Crippen LogP contribution < -0.4 is 10.6 Å². The maximum absolute atomic E-state index is 6.00. The molecule has 1 aliphatic rings. The normalized spacial score (nSPS) is 25.9. The molecular weight excluding hydrogens is 289 g/mol. The molecule has 3 nitrogen and oxygen atoms in total. The molecule has 1 fully saturated rings. The highest BCUT2D eigenvalue weighted by Crippen LogP contribution is 2.29. The number of hydrogen-bond acceptors (Lipinski definition) is 3. The van der Waals surface area contributed by atoms with E-state index >= 15 is 0 Å². The molecule has 0 amide bonds. The van der Waals surface area contributed by atoms with Gasteiger partial charge in [0.05, 0.1) is 9.50 Å². The zero-order valence-electron chi connectivity index (χ0n) is 9.16. The van der Waals surface area contributed by atoms with Crippen molar-refractivity contribution in [2.24, 2.45) is 11.7 Å². The fraction of sp³-hybridized carbons (Fsp3) is 0.545. The van der Waals surface area contributed by atoms with Crippen LogP contribution in [0.1, 0.15) is 13.3 Å². The Morgan fingerprint density at radius 3 is 3.00 bits per heavy atom. The van der Waals surface area contributed by atoms with Crippen molar-refractivity contribution in [3.63, 3.8) is 0 Å². The molecule has 1 aliphatic heterocycles. The summed E-state index contributed by atoms with van der Waals surface area (Å²) >= 11 is 9.37. The molecule has 0 spiro atoms. The summed E-state index contributed by atoms with van der Waals surface area (Å²) in [7, 11) is 0. The Kier molecular flexibility index (Phi) is 3.72. The Labute approximate surface area is 109 Å². The van der Waals surface area contributed by atoms with Crippen LogP contribution in [0.4, 0.5) is 5.82 Å². The van der Waals surface area contributed by atoms with Crippen molar-refractivity contribution in [2.75, 3.05) is 18.0 Å². The zero-order valence-corrected chi connectivity index (χ0v) is 11.5. The quantitative estimate of drug-likeness (QED) is 0.867. The van der Waals surface area contributed by atoms with E-state index in [9.17, 15) is 0 Å². The van der Waals surface area contributed by atoms with E-state index in [0.717, 1.165) is 29.8 Å². The van der Waals surface area contributed by atoms with Crippen LogP contribution in [0, 0.1) is 5.92 Å². The minimum absolute atomic E-state index is 0.308. The zero-order chi connectivity index (χ0) is 11.7. The predicted molar refractivity (Wildman–Crippen MR) is 70.9 cm³/mol. The van der Waals surface area contributed by atoms with Crippen LogP contribution in [-0.4, -0.2) is 24.1 Å². The second-order valence-corrected chi connectivity index (χ2v) is 5.63. The van der Waals surface area contributed by atoms with Gasteiger partial charge in [0.1, 0.15) is 5.82 Å². The van der Waals surface area contributed by atoms with Gasteiger partial charge in [0.15, 0.2) is 0 Å². The van der Waals surface area contributed by atoms with Crippen LogP contribution in [0.2, 0.25) is 5.02 Å². The number of piperidine rings is 1. The number of pyridine rings is 1. The summed E-state index contributed by atoms with van der Waals surface area (Å²) in [5.41, 5.74) is 6.00. The lowest BCUT2D eigenvalue weighted by Crippen LogP contribution is -2.46. The standard InChI is InChI=1S/C11H15BrClN3/c1-7-6-16(3-2-10(7)14)11-9(12)4-8(13)5-15-11/h4-5,7,10H,2-3,6,14H2,1H3. The van der Waals surface area contributed by atoms with Crippen molar-refractivity contribution in [3.05, 3.63) is 21.8 Å². The first-order valence-corrected chi connectivity index (χ1v) is 6.56. The summed E-state index contributed by atoms with van der Waals surface area (Å²) < 4.78 is 0.947. The third-order valence-electron chi connectivity index (χ3n) is 3.06. The Bertz CT molecular complexity index is 385. The fourth-order valence-electron chi connectivity index (χ4n) is 2.00. The van der Waals surface area contributed by atoms with Gasteiger partial charge in [-0.25, -0.2) is 4.98 Å². The van der Waals surface area contributed by atoms with Gasteiger partial charge in [-0.15, -0.1) is 0 Å². The Hall–Kier alpha value is -0.320. The maximum Gasteiger partial charge on any atom is 0.142 e. The van der Waals surface area contributed by atoms with Gasteiger partial charge in [-0.3, -0.25) is 0 Å². The molecule has 2 rings (SSSR count). The van der Waals surface area contributed by atoms with Crippen LogP contribution in [-0.2, 0) is 0 Å². The first-order chi connectivity index (χ1) is 7.58. The number of nitrogens with zero attached hydrogens (tertiary/aromatic N) is 2. The maximum atomic E-state index is 6.00. The van der Waals surface area contributed by atoms with Crippen LogP contribution in [0.25, 0.3) is 0 Å². The summed E-state index contributed by atoms with van der Waals surface area (Å²) in [5, 5.41) is 0.650. The molecule has 2 atom stereocenters. The molecule has 1 aromatic heterocycles. The minimum Gasteiger partial charge on any atom is -0.355 e. The molecule has 16 heavy (non-hydrogen) atoms. The fourth-order valence-corrected chi connectivity index (χ4v) is 2.89. The average Bonchev–Trinajstić information content (AvgIpc) is 2.22. The van der Waals surface area contributed by atoms with E-state index in [-0.39, 0.29) is 0 Å². The van der Waals surface area contributed by atoms with E-state index in [0.29, 0.717) is 17.0 Å². The van der Waals surface area contributed by atoms with E-state index in [1.165, 1.54) is 0 Å². The highest BCUT2D eigenvalue weighted by atomic mass is 79.9. The topological polar surface area (TPSA) is 42.2 Å². The molecule has 5 heteroatoms. The minimum atomic E-state index is 0.308. The monoisotopic (exact) mass is 303 g/mol. The molecule has 1 saturated heterocycles. The molecule has 0 aromatic carbocycles. The molecule has 0 bridgehead atoms. The highest BCUT2D eigenvalue weighted by molar-refractivity contribution is 9.10. The number of anilines is 1. The van der Waals surface area contributed by atoms with Crippen molar-refractivity contribution >= 4 is 33.3 Å². The van der Waals surface area contributed by atoms with Crippen molar-refractivity contribution in [1.82, 2.24) is 4.98 Å². The Morgan fingerprint density at radius 1 is 1.62 bits per heavy atom. The number of halogens is 2. The molecule has 0 saturated carbocycles. The lowest BCUT2D eigenvalue weighted by atomic mass is 9.95. The second kappa shape index (κ2) is 4.90. The second-order valence-electron chi connectivity index (χ2n) is 4.33. The summed E-state index contributed by atoms with van der Waals surface area (Å²) in [6.45, 7) is 4.09. The molecule has 0 aliphatic carbocycles. The molecular formula is C11H15BrClN3. The highest BCUT2D eigenvalue weighted by Gasteiger charge is 2.24. The lowest BCUT2D eigenvalue weighted by Gasteiger charge is -2.36. The van der Waals surface area contributed by atoms with Crippen LogP contribution in [0.5, 0.6) is 0 Å². The molecule has 88 valence electrons. The van der Waals surface area contributed by atoms with Crippen molar-refractivity contribution < 1.29 is 0 Å². The van der Waals surface area contributed by atoms with E-state index in [2.05, 4.69) is 32.7 Å². The van der Waals surface area contributed by atoms with Gasteiger partial charge in [0.25, 0.3) is 0 Å². The van der Waals surface area contributed by atoms with Crippen molar-refractivity contribution in [2.45, 2.75) is 19.4 Å². The molecule has 0 radical (unpaired) electrons. The van der Waals surface area contributed by atoms with E-state index in [4.69, 9.17) is 17.3 Å². The van der Waals surface area contributed by atoms with Gasteiger partial charge in [0, 0.05) is 25.3 Å². The summed E-state index contributed by atoms with van der Waals surface area (Å²) in [4.78, 5) is 6.63. The lowest BCUT2D eigenvalue weighted by molar-refractivity contribution is 0.381.